The van der Waals surface area contributed by atoms with E-state index in [1.165, 1.54) is 6.92 Å². The molecule has 2 aliphatic rings. The number of hydrogen-bond acceptors (Lipinski definition) is 6. The number of aliphatic hydroxyl groups excluding tert-OH is 1. The zero-order chi connectivity index (χ0) is 20.2. The first kappa shape index (κ1) is 20.0. The summed E-state index contributed by atoms with van der Waals surface area (Å²) in [5, 5.41) is 13.7. The second-order valence-electron chi connectivity index (χ2n) is 7.23. The van der Waals surface area contributed by atoms with Crippen LogP contribution >= 0.6 is 0 Å². The molecule has 2 N–H and O–H groups in total. The Morgan fingerprint density at radius 1 is 1.10 bits per heavy atom. The van der Waals surface area contributed by atoms with Crippen LogP contribution in [0, 0.1) is 0 Å². The maximum absolute atomic E-state index is 11.7. The van der Waals surface area contributed by atoms with Crippen LogP contribution in [-0.2, 0) is 30.3 Å². The molecule has 2 aliphatic heterocycles. The van der Waals surface area contributed by atoms with Crippen molar-refractivity contribution in [2.45, 2.75) is 50.5 Å². The molecule has 2 saturated heterocycles. The summed E-state index contributed by atoms with van der Waals surface area (Å²) in [7, 11) is 0. The van der Waals surface area contributed by atoms with Crippen molar-refractivity contribution in [1.82, 2.24) is 5.32 Å². The first-order valence-electron chi connectivity index (χ1n) is 9.70. The van der Waals surface area contributed by atoms with Gasteiger partial charge in [0.1, 0.15) is 24.4 Å². The zero-order valence-electron chi connectivity index (χ0n) is 16.1. The van der Waals surface area contributed by atoms with Crippen LogP contribution in [0.5, 0.6) is 0 Å². The van der Waals surface area contributed by atoms with Crippen LogP contribution in [0.4, 0.5) is 0 Å². The van der Waals surface area contributed by atoms with E-state index in [0.717, 1.165) is 11.1 Å². The van der Waals surface area contributed by atoms with E-state index in [-0.39, 0.29) is 12.5 Å². The third kappa shape index (κ3) is 4.66. The van der Waals surface area contributed by atoms with Gasteiger partial charge in [-0.1, -0.05) is 60.7 Å². The van der Waals surface area contributed by atoms with E-state index in [2.05, 4.69) is 5.32 Å². The molecule has 0 aliphatic carbocycles. The fraction of sp³-hybridized carbons (Fsp3) is 0.409. The van der Waals surface area contributed by atoms with Crippen molar-refractivity contribution in [1.29, 1.82) is 0 Å². The number of aliphatic hydroxyl groups is 1. The van der Waals surface area contributed by atoms with E-state index in [9.17, 15) is 9.90 Å². The predicted molar refractivity (Wildman–Crippen MR) is 104 cm³/mol. The van der Waals surface area contributed by atoms with Crippen molar-refractivity contribution < 1.29 is 28.8 Å². The second-order valence-corrected chi connectivity index (χ2v) is 7.23. The predicted octanol–water partition coefficient (Wildman–Crippen LogP) is 1.91. The molecule has 2 aromatic carbocycles. The molecule has 154 valence electrons. The number of ether oxygens (including phenoxy) is 4. The van der Waals surface area contributed by atoms with E-state index in [1.807, 2.05) is 60.7 Å². The quantitative estimate of drug-likeness (QED) is 0.799. The first-order chi connectivity index (χ1) is 14.1. The summed E-state index contributed by atoms with van der Waals surface area (Å²) in [6.45, 7) is 1.93. The average molecular weight is 399 g/mol. The van der Waals surface area contributed by atoms with Crippen LogP contribution in [0.1, 0.15) is 24.3 Å². The lowest BCUT2D eigenvalue weighted by molar-refractivity contribution is -0.345. The number of hydrogen-bond donors (Lipinski definition) is 2. The molecule has 5 unspecified atom stereocenters. The second kappa shape index (κ2) is 9.02. The standard InChI is InChI=1S/C22H25NO6/c1-14(24)23-18-19(25)20-17(13-27-21(29-20)16-10-6-3-7-11-16)28-22(18)26-12-15-8-4-2-5-9-15/h2-11,17-22,25H,12-13H2,1H3,(H,23,24)/t17?,18?,19?,20-,21?,22?/m0/s1. The van der Waals surface area contributed by atoms with Gasteiger partial charge in [-0.15, -0.1) is 0 Å². The third-order valence-electron chi connectivity index (χ3n) is 5.06. The molecule has 2 fully saturated rings. The van der Waals surface area contributed by atoms with Crippen molar-refractivity contribution in [2.24, 2.45) is 0 Å². The van der Waals surface area contributed by atoms with Crippen LogP contribution in [0.2, 0.25) is 0 Å². The molecule has 1 amide bonds. The van der Waals surface area contributed by atoms with Gasteiger partial charge < -0.3 is 29.4 Å². The number of amides is 1. The molecular formula is C22H25NO6. The Bertz CT molecular complexity index is 801. The Balaban J connectivity index is 1.48. The molecule has 0 spiro atoms. The number of fused-ring (bicyclic) bond motifs is 1. The van der Waals surface area contributed by atoms with Gasteiger partial charge in [-0.3, -0.25) is 4.79 Å². The van der Waals surface area contributed by atoms with Gasteiger partial charge in [-0.2, -0.15) is 0 Å². The fourth-order valence-electron chi connectivity index (χ4n) is 3.65. The van der Waals surface area contributed by atoms with Crippen molar-refractivity contribution in [3.05, 3.63) is 71.8 Å². The minimum atomic E-state index is -1.01. The first-order valence-corrected chi connectivity index (χ1v) is 9.70. The Hall–Kier alpha value is -2.29. The van der Waals surface area contributed by atoms with Crippen LogP contribution in [0.3, 0.4) is 0 Å². The number of carbonyl (C=O) groups excluding carboxylic acids is 1. The van der Waals surface area contributed by atoms with E-state index in [4.69, 9.17) is 18.9 Å². The lowest BCUT2D eigenvalue weighted by Gasteiger charge is -2.47. The Labute approximate surface area is 169 Å². The number of rotatable bonds is 5. The van der Waals surface area contributed by atoms with Gasteiger partial charge in [0.05, 0.1) is 13.2 Å². The normalized spacial score (nSPS) is 31.7. The highest BCUT2D eigenvalue weighted by Crippen LogP contribution is 2.34. The fourth-order valence-corrected chi connectivity index (χ4v) is 3.65. The number of benzene rings is 2. The zero-order valence-corrected chi connectivity index (χ0v) is 16.1. The van der Waals surface area contributed by atoms with Gasteiger partial charge in [0.15, 0.2) is 12.6 Å². The van der Waals surface area contributed by atoms with Gasteiger partial charge in [-0.05, 0) is 5.56 Å². The Morgan fingerprint density at radius 3 is 2.48 bits per heavy atom. The van der Waals surface area contributed by atoms with Gasteiger partial charge in [0.25, 0.3) is 0 Å². The van der Waals surface area contributed by atoms with Crippen molar-refractivity contribution in [3.63, 3.8) is 0 Å². The SMILES string of the molecule is CC(=O)NC1C(OCc2ccccc2)OC2COC(c3ccccc3)O[C@@H]2C1O. The summed E-state index contributed by atoms with van der Waals surface area (Å²) < 4.78 is 23.8. The lowest BCUT2D eigenvalue weighted by atomic mass is 9.95. The molecule has 0 aromatic heterocycles. The summed E-state index contributed by atoms with van der Waals surface area (Å²) in [6, 6.07) is 18.4. The van der Waals surface area contributed by atoms with Crippen LogP contribution < -0.4 is 5.32 Å². The van der Waals surface area contributed by atoms with E-state index in [0.29, 0.717) is 6.61 Å². The van der Waals surface area contributed by atoms with E-state index in [1.54, 1.807) is 0 Å². The molecule has 4 rings (SSSR count). The summed E-state index contributed by atoms with van der Waals surface area (Å²) in [4.78, 5) is 11.7. The minimum absolute atomic E-state index is 0.249. The summed E-state index contributed by atoms with van der Waals surface area (Å²) >= 11 is 0. The third-order valence-corrected chi connectivity index (χ3v) is 5.06. The number of nitrogens with one attached hydrogen (secondary N) is 1. The van der Waals surface area contributed by atoms with Crippen molar-refractivity contribution >= 4 is 5.91 Å². The minimum Gasteiger partial charge on any atom is -0.388 e. The van der Waals surface area contributed by atoms with Crippen LogP contribution in [0.25, 0.3) is 0 Å². The number of carbonyl (C=O) groups is 1. The van der Waals surface area contributed by atoms with Crippen LogP contribution in [0.15, 0.2) is 60.7 Å². The molecule has 2 aromatic rings. The Morgan fingerprint density at radius 2 is 1.79 bits per heavy atom. The highest BCUT2D eigenvalue weighted by molar-refractivity contribution is 5.73. The van der Waals surface area contributed by atoms with Crippen LogP contribution in [-0.4, -0.2) is 48.3 Å². The molecule has 29 heavy (non-hydrogen) atoms. The maximum atomic E-state index is 11.7. The van der Waals surface area contributed by atoms with Gasteiger partial charge in [-0.25, -0.2) is 0 Å². The average Bonchev–Trinajstić information content (AvgIpc) is 2.75. The molecule has 7 heteroatoms. The van der Waals surface area contributed by atoms with E-state index < -0.39 is 36.9 Å². The molecule has 0 radical (unpaired) electrons. The highest BCUT2D eigenvalue weighted by Gasteiger charge is 2.50. The monoisotopic (exact) mass is 399 g/mol. The maximum Gasteiger partial charge on any atom is 0.217 e. The molecular weight excluding hydrogens is 374 g/mol. The van der Waals surface area contributed by atoms with Crippen molar-refractivity contribution in [2.75, 3.05) is 6.61 Å². The summed E-state index contributed by atoms with van der Waals surface area (Å²) in [5.41, 5.74) is 1.83. The highest BCUT2D eigenvalue weighted by atomic mass is 16.7. The molecule has 2 heterocycles. The molecule has 0 saturated carbocycles. The summed E-state index contributed by atoms with van der Waals surface area (Å²) in [5.74, 6) is -0.281. The van der Waals surface area contributed by atoms with Crippen molar-refractivity contribution in [3.8, 4) is 0 Å². The largest absolute Gasteiger partial charge is 0.388 e. The summed E-state index contributed by atoms with van der Waals surface area (Å²) in [6.07, 6.45) is -3.59. The molecule has 6 atom stereocenters. The topological polar surface area (TPSA) is 86.3 Å². The molecule has 7 nitrogen and oxygen atoms in total. The smallest absolute Gasteiger partial charge is 0.217 e. The van der Waals surface area contributed by atoms with Gasteiger partial charge in [0.2, 0.25) is 5.91 Å². The van der Waals surface area contributed by atoms with E-state index >= 15 is 0 Å². The Kier molecular flexibility index (Phi) is 6.22. The molecule has 0 bridgehead atoms. The lowest BCUT2D eigenvalue weighted by Crippen LogP contribution is -2.66. The van der Waals surface area contributed by atoms with Gasteiger partial charge in [0, 0.05) is 12.5 Å². The van der Waals surface area contributed by atoms with Gasteiger partial charge >= 0.3 is 0 Å².